The quantitative estimate of drug-likeness (QED) is 0.774. The highest BCUT2D eigenvalue weighted by Crippen LogP contribution is 2.59. The molecule has 3 rings (SSSR count). The SMILES string of the molecule is COc1cc(OC)c(C23CCN(C)CC2O3)c(OC)c1Br. The molecule has 1 aromatic rings. The molecule has 2 atom stereocenters. The highest BCUT2D eigenvalue weighted by Gasteiger charge is 2.62. The van der Waals surface area contributed by atoms with E-state index in [9.17, 15) is 0 Å². The minimum Gasteiger partial charge on any atom is -0.496 e. The molecule has 6 heteroatoms. The smallest absolute Gasteiger partial charge is 0.146 e. The first kappa shape index (κ1) is 14.9. The number of likely N-dealkylation sites (tertiary alicyclic amines) is 1. The van der Waals surface area contributed by atoms with Crippen molar-refractivity contribution in [1.29, 1.82) is 0 Å². The van der Waals surface area contributed by atoms with Crippen LogP contribution in [0.4, 0.5) is 0 Å². The fourth-order valence-electron chi connectivity index (χ4n) is 3.19. The standard InChI is InChI=1S/C15H20BrNO4/c1-17-6-5-15(11(8-17)21-15)12-9(18-2)7-10(19-3)13(16)14(12)20-4/h7,11H,5-6,8H2,1-4H3. The van der Waals surface area contributed by atoms with Gasteiger partial charge < -0.3 is 23.8 Å². The number of epoxide rings is 1. The summed E-state index contributed by atoms with van der Waals surface area (Å²) in [5.41, 5.74) is 0.691. The van der Waals surface area contributed by atoms with Gasteiger partial charge in [0.1, 0.15) is 33.4 Å². The monoisotopic (exact) mass is 357 g/mol. The maximum atomic E-state index is 6.07. The minimum atomic E-state index is -0.294. The van der Waals surface area contributed by atoms with Crippen LogP contribution in [0.1, 0.15) is 12.0 Å². The molecule has 5 nitrogen and oxygen atoms in total. The van der Waals surface area contributed by atoms with Gasteiger partial charge in [0.2, 0.25) is 0 Å². The molecule has 0 bridgehead atoms. The summed E-state index contributed by atoms with van der Waals surface area (Å²) in [6, 6.07) is 1.88. The van der Waals surface area contributed by atoms with Crippen LogP contribution in [-0.4, -0.2) is 52.5 Å². The first-order valence-electron chi connectivity index (χ1n) is 6.92. The zero-order valence-electron chi connectivity index (χ0n) is 12.7. The number of likely N-dealkylation sites (N-methyl/N-ethyl adjacent to an activating group) is 1. The Kier molecular flexibility index (Phi) is 3.80. The van der Waals surface area contributed by atoms with E-state index in [1.54, 1.807) is 21.3 Å². The molecule has 21 heavy (non-hydrogen) atoms. The molecule has 0 N–H and O–H groups in total. The predicted molar refractivity (Wildman–Crippen MR) is 82.5 cm³/mol. The number of hydrogen-bond acceptors (Lipinski definition) is 5. The summed E-state index contributed by atoms with van der Waals surface area (Å²) in [4.78, 5) is 2.29. The minimum absolute atomic E-state index is 0.194. The first-order valence-corrected chi connectivity index (χ1v) is 7.72. The van der Waals surface area contributed by atoms with Crippen LogP contribution < -0.4 is 14.2 Å². The number of benzene rings is 1. The van der Waals surface area contributed by atoms with E-state index >= 15 is 0 Å². The topological polar surface area (TPSA) is 43.5 Å². The number of fused-ring (bicyclic) bond motifs is 1. The second kappa shape index (κ2) is 5.34. The molecule has 0 aromatic heterocycles. The highest BCUT2D eigenvalue weighted by atomic mass is 79.9. The van der Waals surface area contributed by atoms with E-state index in [0.29, 0.717) is 5.75 Å². The van der Waals surface area contributed by atoms with Crippen molar-refractivity contribution in [2.24, 2.45) is 0 Å². The maximum absolute atomic E-state index is 6.07. The lowest BCUT2D eigenvalue weighted by Crippen LogP contribution is -2.36. The van der Waals surface area contributed by atoms with Crippen molar-refractivity contribution in [3.8, 4) is 17.2 Å². The van der Waals surface area contributed by atoms with Crippen LogP contribution in [0.15, 0.2) is 10.5 Å². The molecular weight excluding hydrogens is 338 g/mol. The molecule has 2 unspecified atom stereocenters. The van der Waals surface area contributed by atoms with Crippen LogP contribution >= 0.6 is 15.9 Å². The molecule has 0 saturated carbocycles. The first-order chi connectivity index (χ1) is 10.1. The van der Waals surface area contributed by atoms with E-state index in [1.165, 1.54) is 0 Å². The lowest BCUT2D eigenvalue weighted by Gasteiger charge is -2.28. The van der Waals surface area contributed by atoms with Gasteiger partial charge in [-0.3, -0.25) is 0 Å². The Balaban J connectivity index is 2.12. The van der Waals surface area contributed by atoms with Gasteiger partial charge in [0.25, 0.3) is 0 Å². The van der Waals surface area contributed by atoms with Gasteiger partial charge in [0.15, 0.2) is 0 Å². The average molecular weight is 358 g/mol. The Bertz CT molecular complexity index is 565. The Morgan fingerprint density at radius 1 is 1.24 bits per heavy atom. The Labute approximate surface area is 133 Å². The van der Waals surface area contributed by atoms with Gasteiger partial charge >= 0.3 is 0 Å². The average Bonchev–Trinajstić information content (AvgIpc) is 3.20. The molecule has 116 valence electrons. The van der Waals surface area contributed by atoms with Crippen molar-refractivity contribution >= 4 is 15.9 Å². The highest BCUT2D eigenvalue weighted by molar-refractivity contribution is 9.10. The fraction of sp³-hybridized carbons (Fsp3) is 0.600. The molecule has 2 heterocycles. The van der Waals surface area contributed by atoms with Crippen molar-refractivity contribution in [3.05, 3.63) is 16.1 Å². The van der Waals surface area contributed by atoms with Crippen molar-refractivity contribution in [2.75, 3.05) is 41.5 Å². The van der Waals surface area contributed by atoms with Crippen molar-refractivity contribution in [1.82, 2.24) is 4.90 Å². The third-order valence-corrected chi connectivity index (χ3v) is 5.13. The molecule has 0 spiro atoms. The second-order valence-corrected chi connectivity index (χ2v) is 6.30. The normalized spacial score (nSPS) is 28.0. The van der Waals surface area contributed by atoms with Crippen LogP contribution in [0, 0.1) is 0 Å². The molecule has 2 fully saturated rings. The molecule has 2 aliphatic heterocycles. The van der Waals surface area contributed by atoms with Gasteiger partial charge in [0, 0.05) is 19.2 Å². The number of rotatable bonds is 4. The molecule has 0 aliphatic carbocycles. The Morgan fingerprint density at radius 2 is 1.95 bits per heavy atom. The number of hydrogen-bond donors (Lipinski definition) is 0. The molecule has 0 radical (unpaired) electrons. The van der Waals surface area contributed by atoms with Crippen LogP contribution in [0.2, 0.25) is 0 Å². The van der Waals surface area contributed by atoms with Crippen LogP contribution in [0.25, 0.3) is 0 Å². The molecule has 0 amide bonds. The lowest BCUT2D eigenvalue weighted by molar-refractivity contribution is 0.248. The maximum Gasteiger partial charge on any atom is 0.146 e. The third kappa shape index (κ3) is 2.20. The van der Waals surface area contributed by atoms with Gasteiger partial charge in [-0.1, -0.05) is 0 Å². The largest absolute Gasteiger partial charge is 0.496 e. The van der Waals surface area contributed by atoms with E-state index in [1.807, 2.05) is 6.07 Å². The zero-order chi connectivity index (χ0) is 15.2. The Hall–Kier alpha value is -0.980. The van der Waals surface area contributed by atoms with E-state index in [0.717, 1.165) is 41.0 Å². The van der Waals surface area contributed by atoms with Crippen LogP contribution in [-0.2, 0) is 10.3 Å². The molecular formula is C15H20BrNO4. The number of ether oxygens (including phenoxy) is 4. The van der Waals surface area contributed by atoms with Crippen molar-refractivity contribution < 1.29 is 18.9 Å². The van der Waals surface area contributed by atoms with Crippen LogP contribution in [0.3, 0.4) is 0 Å². The summed E-state index contributed by atoms with van der Waals surface area (Å²) < 4.78 is 23.5. The zero-order valence-corrected chi connectivity index (χ0v) is 14.3. The predicted octanol–water partition coefficient (Wildman–Crippen LogP) is 2.40. The number of nitrogens with zero attached hydrogens (tertiary/aromatic N) is 1. The lowest BCUT2D eigenvalue weighted by atomic mass is 9.87. The third-order valence-electron chi connectivity index (χ3n) is 4.38. The summed E-state index contributed by atoms with van der Waals surface area (Å²) in [7, 11) is 7.06. The summed E-state index contributed by atoms with van der Waals surface area (Å²) >= 11 is 3.57. The van der Waals surface area contributed by atoms with Crippen LogP contribution in [0.5, 0.6) is 17.2 Å². The van der Waals surface area contributed by atoms with Gasteiger partial charge in [0.05, 0.1) is 26.9 Å². The second-order valence-electron chi connectivity index (χ2n) is 5.51. The summed E-state index contributed by atoms with van der Waals surface area (Å²) in [6.45, 7) is 1.92. The number of piperidine rings is 1. The van der Waals surface area contributed by atoms with E-state index in [4.69, 9.17) is 18.9 Å². The summed E-state index contributed by atoms with van der Waals surface area (Å²) in [5, 5.41) is 0. The van der Waals surface area contributed by atoms with E-state index in [-0.39, 0.29) is 11.7 Å². The van der Waals surface area contributed by atoms with Gasteiger partial charge in [-0.15, -0.1) is 0 Å². The van der Waals surface area contributed by atoms with Crippen molar-refractivity contribution in [2.45, 2.75) is 18.1 Å². The molecule has 2 saturated heterocycles. The fourth-order valence-corrected chi connectivity index (χ4v) is 3.83. The van der Waals surface area contributed by atoms with Gasteiger partial charge in [-0.2, -0.15) is 0 Å². The number of halogens is 1. The van der Waals surface area contributed by atoms with E-state index in [2.05, 4.69) is 27.9 Å². The van der Waals surface area contributed by atoms with Gasteiger partial charge in [-0.25, -0.2) is 0 Å². The summed E-state index contributed by atoms with van der Waals surface area (Å²) in [5.74, 6) is 2.17. The van der Waals surface area contributed by atoms with Crippen molar-refractivity contribution in [3.63, 3.8) is 0 Å². The van der Waals surface area contributed by atoms with E-state index < -0.39 is 0 Å². The number of methoxy groups -OCH3 is 3. The Morgan fingerprint density at radius 3 is 2.52 bits per heavy atom. The van der Waals surface area contributed by atoms with Gasteiger partial charge in [-0.05, 0) is 29.4 Å². The molecule has 1 aromatic carbocycles. The summed E-state index contributed by atoms with van der Waals surface area (Å²) in [6.07, 6.45) is 1.12. The molecule has 2 aliphatic rings.